The van der Waals surface area contributed by atoms with Gasteiger partial charge in [0.1, 0.15) is 0 Å². The molecule has 94 valence electrons. The maximum Gasteiger partial charge on any atom is 0.0348 e. The first-order valence-electron chi connectivity index (χ1n) is 6.83. The first-order chi connectivity index (χ1) is 8.26. The Morgan fingerprint density at radius 1 is 1.35 bits per heavy atom. The molecular formula is C15H24N2. The van der Waals surface area contributed by atoms with E-state index >= 15 is 0 Å². The first kappa shape index (κ1) is 12.6. The van der Waals surface area contributed by atoms with Gasteiger partial charge >= 0.3 is 0 Å². The lowest BCUT2D eigenvalue weighted by molar-refractivity contribution is 0.235. The smallest absolute Gasteiger partial charge is 0.0348 e. The topological polar surface area (TPSA) is 29.3 Å². The molecule has 1 saturated heterocycles. The molecule has 1 aliphatic heterocycles. The summed E-state index contributed by atoms with van der Waals surface area (Å²) in [6.45, 7) is 6.72. The summed E-state index contributed by atoms with van der Waals surface area (Å²) in [6.07, 6.45) is 3.43. The summed E-state index contributed by atoms with van der Waals surface area (Å²) in [4.78, 5) is 2.55. The SMILES string of the molecule is CCc1ccccc1C(CC)N1CCC(N)C1. The summed E-state index contributed by atoms with van der Waals surface area (Å²) in [7, 11) is 0. The van der Waals surface area contributed by atoms with Crippen molar-refractivity contribution in [2.45, 2.75) is 45.2 Å². The lowest BCUT2D eigenvalue weighted by atomic mass is 9.96. The zero-order valence-electron chi connectivity index (χ0n) is 11.0. The van der Waals surface area contributed by atoms with Crippen molar-refractivity contribution >= 4 is 0 Å². The summed E-state index contributed by atoms with van der Waals surface area (Å²) in [5.41, 5.74) is 9.02. The van der Waals surface area contributed by atoms with Crippen LogP contribution in [0.3, 0.4) is 0 Å². The van der Waals surface area contributed by atoms with Crippen molar-refractivity contribution in [3.63, 3.8) is 0 Å². The predicted octanol–water partition coefficient (Wildman–Crippen LogP) is 2.73. The summed E-state index contributed by atoms with van der Waals surface area (Å²) >= 11 is 0. The van der Waals surface area contributed by atoms with Gasteiger partial charge in [0.05, 0.1) is 0 Å². The quantitative estimate of drug-likeness (QED) is 0.865. The molecule has 2 rings (SSSR count). The fraction of sp³-hybridized carbons (Fsp3) is 0.600. The van der Waals surface area contributed by atoms with E-state index in [-0.39, 0.29) is 0 Å². The van der Waals surface area contributed by atoms with Gasteiger partial charge in [-0.1, -0.05) is 38.1 Å². The summed E-state index contributed by atoms with van der Waals surface area (Å²) in [5.74, 6) is 0. The van der Waals surface area contributed by atoms with Crippen LogP contribution in [0.1, 0.15) is 43.9 Å². The minimum Gasteiger partial charge on any atom is -0.326 e. The zero-order valence-corrected chi connectivity index (χ0v) is 11.0. The molecule has 2 N–H and O–H groups in total. The van der Waals surface area contributed by atoms with Crippen LogP contribution >= 0.6 is 0 Å². The zero-order chi connectivity index (χ0) is 12.3. The molecule has 1 aromatic rings. The Labute approximate surface area is 105 Å². The van der Waals surface area contributed by atoms with E-state index in [0.29, 0.717) is 12.1 Å². The molecule has 2 atom stereocenters. The third-order valence-electron chi connectivity index (χ3n) is 3.88. The van der Waals surface area contributed by atoms with Crippen molar-refractivity contribution < 1.29 is 0 Å². The van der Waals surface area contributed by atoms with Crippen molar-refractivity contribution in [3.05, 3.63) is 35.4 Å². The third-order valence-corrected chi connectivity index (χ3v) is 3.88. The van der Waals surface area contributed by atoms with Crippen LogP contribution in [0.5, 0.6) is 0 Å². The van der Waals surface area contributed by atoms with Gasteiger partial charge in [-0.2, -0.15) is 0 Å². The maximum atomic E-state index is 6.02. The minimum atomic E-state index is 0.373. The highest BCUT2D eigenvalue weighted by Gasteiger charge is 2.26. The largest absolute Gasteiger partial charge is 0.326 e. The van der Waals surface area contributed by atoms with Crippen LogP contribution in [0.15, 0.2) is 24.3 Å². The molecule has 2 heteroatoms. The molecular weight excluding hydrogens is 208 g/mol. The van der Waals surface area contributed by atoms with E-state index in [4.69, 9.17) is 5.73 Å². The van der Waals surface area contributed by atoms with Crippen molar-refractivity contribution in [1.29, 1.82) is 0 Å². The van der Waals surface area contributed by atoms with Gasteiger partial charge in [-0.3, -0.25) is 4.90 Å². The van der Waals surface area contributed by atoms with Crippen molar-refractivity contribution in [3.8, 4) is 0 Å². The number of likely N-dealkylation sites (tertiary alicyclic amines) is 1. The average Bonchev–Trinajstić information content (AvgIpc) is 2.77. The summed E-state index contributed by atoms with van der Waals surface area (Å²) in [6, 6.07) is 9.78. The molecule has 0 aliphatic carbocycles. The van der Waals surface area contributed by atoms with Crippen LogP contribution in [-0.4, -0.2) is 24.0 Å². The van der Waals surface area contributed by atoms with Crippen LogP contribution < -0.4 is 5.73 Å². The Morgan fingerprint density at radius 2 is 2.12 bits per heavy atom. The molecule has 1 heterocycles. The molecule has 1 aromatic carbocycles. The van der Waals surface area contributed by atoms with Crippen LogP contribution in [0.25, 0.3) is 0 Å². The van der Waals surface area contributed by atoms with Gasteiger partial charge in [-0.05, 0) is 30.4 Å². The van der Waals surface area contributed by atoms with Gasteiger partial charge in [0.15, 0.2) is 0 Å². The Bertz CT molecular complexity index is 362. The second-order valence-electron chi connectivity index (χ2n) is 5.02. The van der Waals surface area contributed by atoms with E-state index in [2.05, 4.69) is 43.0 Å². The van der Waals surface area contributed by atoms with E-state index in [9.17, 15) is 0 Å². The highest BCUT2D eigenvalue weighted by Crippen LogP contribution is 2.30. The predicted molar refractivity (Wildman–Crippen MR) is 73.0 cm³/mol. The number of aryl methyl sites for hydroxylation is 1. The lowest BCUT2D eigenvalue weighted by Crippen LogP contribution is -2.30. The number of hydrogen-bond donors (Lipinski definition) is 1. The Morgan fingerprint density at radius 3 is 2.71 bits per heavy atom. The van der Waals surface area contributed by atoms with E-state index < -0.39 is 0 Å². The van der Waals surface area contributed by atoms with Crippen molar-refractivity contribution in [2.24, 2.45) is 5.73 Å². The van der Waals surface area contributed by atoms with Crippen molar-refractivity contribution in [1.82, 2.24) is 4.90 Å². The van der Waals surface area contributed by atoms with E-state index in [0.717, 1.165) is 25.9 Å². The molecule has 0 spiro atoms. The molecule has 0 radical (unpaired) electrons. The third kappa shape index (κ3) is 2.70. The lowest BCUT2D eigenvalue weighted by Gasteiger charge is -2.28. The summed E-state index contributed by atoms with van der Waals surface area (Å²) in [5, 5.41) is 0. The maximum absolute atomic E-state index is 6.02. The van der Waals surface area contributed by atoms with Crippen LogP contribution in [0.2, 0.25) is 0 Å². The van der Waals surface area contributed by atoms with E-state index in [1.165, 1.54) is 17.5 Å². The van der Waals surface area contributed by atoms with Gasteiger partial charge in [-0.25, -0.2) is 0 Å². The molecule has 1 aliphatic rings. The average molecular weight is 232 g/mol. The summed E-state index contributed by atoms with van der Waals surface area (Å²) < 4.78 is 0. The van der Waals surface area contributed by atoms with Crippen molar-refractivity contribution in [2.75, 3.05) is 13.1 Å². The fourth-order valence-electron chi connectivity index (χ4n) is 2.95. The van der Waals surface area contributed by atoms with Gasteiger partial charge in [-0.15, -0.1) is 0 Å². The minimum absolute atomic E-state index is 0.373. The van der Waals surface area contributed by atoms with Gasteiger partial charge in [0.25, 0.3) is 0 Å². The molecule has 0 amide bonds. The second kappa shape index (κ2) is 5.65. The Balaban J connectivity index is 2.22. The second-order valence-corrected chi connectivity index (χ2v) is 5.02. The first-order valence-corrected chi connectivity index (χ1v) is 6.83. The molecule has 2 nitrogen and oxygen atoms in total. The number of benzene rings is 1. The highest BCUT2D eigenvalue weighted by molar-refractivity contribution is 5.30. The fourth-order valence-corrected chi connectivity index (χ4v) is 2.95. The molecule has 0 aromatic heterocycles. The normalized spacial score (nSPS) is 22.9. The Kier molecular flexibility index (Phi) is 4.19. The molecule has 2 unspecified atom stereocenters. The van der Waals surface area contributed by atoms with E-state index in [1.807, 2.05) is 0 Å². The van der Waals surface area contributed by atoms with Crippen LogP contribution in [-0.2, 0) is 6.42 Å². The molecule has 17 heavy (non-hydrogen) atoms. The molecule has 0 bridgehead atoms. The molecule has 0 saturated carbocycles. The number of rotatable bonds is 4. The van der Waals surface area contributed by atoms with Gasteiger partial charge < -0.3 is 5.73 Å². The monoisotopic (exact) mass is 232 g/mol. The number of hydrogen-bond acceptors (Lipinski definition) is 2. The molecule has 1 fully saturated rings. The van der Waals surface area contributed by atoms with Crippen LogP contribution in [0, 0.1) is 0 Å². The number of nitrogens with two attached hydrogens (primary N) is 1. The Hall–Kier alpha value is -0.860. The number of nitrogens with zero attached hydrogens (tertiary/aromatic N) is 1. The van der Waals surface area contributed by atoms with Crippen LogP contribution in [0.4, 0.5) is 0 Å². The standard InChI is InChI=1S/C15H24N2/c1-3-12-7-5-6-8-14(12)15(4-2)17-10-9-13(16)11-17/h5-8,13,15H,3-4,9-11,16H2,1-2H3. The van der Waals surface area contributed by atoms with E-state index in [1.54, 1.807) is 0 Å². The van der Waals surface area contributed by atoms with Gasteiger partial charge in [0, 0.05) is 25.2 Å². The highest BCUT2D eigenvalue weighted by atomic mass is 15.2. The van der Waals surface area contributed by atoms with Gasteiger partial charge in [0.2, 0.25) is 0 Å².